The van der Waals surface area contributed by atoms with Crippen LogP contribution < -0.4 is 0 Å². The maximum atomic E-state index is 10.5. The van der Waals surface area contributed by atoms with Gasteiger partial charge in [0, 0.05) is 6.21 Å². The average molecular weight is 109 g/mol. The van der Waals surface area contributed by atoms with Gasteiger partial charge in [0.25, 0.3) is 0 Å². The van der Waals surface area contributed by atoms with Gasteiger partial charge in [-0.15, -0.1) is 0 Å². The van der Waals surface area contributed by atoms with E-state index in [9.17, 15) is 4.79 Å². The van der Waals surface area contributed by atoms with E-state index in [2.05, 4.69) is 4.99 Å². The Balaban J connectivity index is 2.77. The Morgan fingerprint density at radius 3 is 2.88 bits per heavy atom. The molecule has 1 aliphatic rings. The molecule has 0 aliphatic carbocycles. The van der Waals surface area contributed by atoms with Crippen LogP contribution in [0.4, 0.5) is 0 Å². The van der Waals surface area contributed by atoms with Gasteiger partial charge >= 0.3 is 0 Å². The van der Waals surface area contributed by atoms with E-state index in [1.807, 2.05) is 6.92 Å². The van der Waals surface area contributed by atoms with Crippen molar-refractivity contribution in [2.24, 2.45) is 4.99 Å². The molecule has 0 saturated heterocycles. The molecule has 2 nitrogen and oxygen atoms in total. The largest absolute Gasteiger partial charge is 0.293 e. The Bertz CT molecular complexity index is 167. The number of rotatable bonds is 0. The van der Waals surface area contributed by atoms with Crippen molar-refractivity contribution in [3.8, 4) is 0 Å². The van der Waals surface area contributed by atoms with Crippen LogP contribution >= 0.6 is 0 Å². The third kappa shape index (κ3) is 1.03. The first-order valence-corrected chi connectivity index (χ1v) is 2.50. The van der Waals surface area contributed by atoms with Crippen LogP contribution in [0.3, 0.4) is 0 Å². The van der Waals surface area contributed by atoms with E-state index in [-0.39, 0.29) is 5.78 Å². The Labute approximate surface area is 47.9 Å². The molecule has 0 aromatic rings. The summed E-state index contributed by atoms with van der Waals surface area (Å²) in [6.07, 6.45) is 3.31. The van der Waals surface area contributed by atoms with E-state index in [1.54, 1.807) is 12.3 Å². The van der Waals surface area contributed by atoms with Gasteiger partial charge in [-0.05, 0) is 18.6 Å². The monoisotopic (exact) mass is 109 g/mol. The first-order valence-electron chi connectivity index (χ1n) is 2.50. The summed E-state index contributed by atoms with van der Waals surface area (Å²) in [5, 5.41) is 0. The molecule has 8 heavy (non-hydrogen) atoms. The van der Waals surface area contributed by atoms with Crippen LogP contribution in [0, 0.1) is 0 Å². The maximum Gasteiger partial charge on any atom is 0.177 e. The van der Waals surface area contributed by atoms with Gasteiger partial charge in [-0.25, -0.2) is 0 Å². The Kier molecular flexibility index (Phi) is 1.24. The summed E-state index contributed by atoms with van der Waals surface area (Å²) in [5.74, 6) is 0.102. The summed E-state index contributed by atoms with van der Waals surface area (Å²) in [4.78, 5) is 14.3. The number of hydrogen-bond donors (Lipinski definition) is 0. The number of hydrogen-bond acceptors (Lipinski definition) is 2. The Morgan fingerprint density at radius 2 is 2.50 bits per heavy atom. The first-order chi connectivity index (χ1) is 3.79. The van der Waals surface area contributed by atoms with Crippen LogP contribution in [0.25, 0.3) is 0 Å². The molecular formula is C6H7NO. The lowest BCUT2D eigenvalue weighted by Crippen LogP contribution is -2.04. The molecule has 0 saturated carbocycles. The van der Waals surface area contributed by atoms with Crippen molar-refractivity contribution < 1.29 is 4.79 Å². The van der Waals surface area contributed by atoms with Crippen molar-refractivity contribution >= 4 is 12.0 Å². The fraction of sp³-hybridized carbons (Fsp3) is 0.333. The van der Waals surface area contributed by atoms with Gasteiger partial charge in [-0.1, -0.05) is 0 Å². The van der Waals surface area contributed by atoms with Crippen molar-refractivity contribution in [2.75, 3.05) is 6.54 Å². The summed E-state index contributed by atoms with van der Waals surface area (Å²) < 4.78 is 0. The molecule has 2 heteroatoms. The summed E-state index contributed by atoms with van der Waals surface area (Å²) in [6, 6.07) is 0. The third-order valence-electron chi connectivity index (χ3n) is 0.931. The molecule has 0 amide bonds. The zero-order valence-corrected chi connectivity index (χ0v) is 4.72. The molecule has 1 aliphatic heterocycles. The van der Waals surface area contributed by atoms with E-state index in [4.69, 9.17) is 0 Å². The highest BCUT2D eigenvalue weighted by atomic mass is 16.1. The number of nitrogens with zero attached hydrogens (tertiary/aromatic N) is 1. The molecule has 0 aromatic heterocycles. The van der Waals surface area contributed by atoms with Crippen LogP contribution in [0.2, 0.25) is 0 Å². The van der Waals surface area contributed by atoms with Crippen LogP contribution in [0.15, 0.2) is 16.6 Å². The topological polar surface area (TPSA) is 29.4 Å². The lowest BCUT2D eigenvalue weighted by molar-refractivity contribution is -0.113. The minimum absolute atomic E-state index is 0.102. The molecule has 0 N–H and O–H groups in total. The van der Waals surface area contributed by atoms with Gasteiger partial charge in [0.05, 0.1) is 0 Å². The molecule has 0 fully saturated rings. The van der Waals surface area contributed by atoms with Crippen molar-refractivity contribution in [3.05, 3.63) is 11.6 Å². The second kappa shape index (κ2) is 1.90. The number of carbonyl (C=O) groups is 1. The van der Waals surface area contributed by atoms with Crippen molar-refractivity contribution in [1.82, 2.24) is 0 Å². The zero-order valence-electron chi connectivity index (χ0n) is 4.72. The fourth-order valence-electron chi connectivity index (χ4n) is 0.616. The summed E-state index contributed by atoms with van der Waals surface area (Å²) in [5.41, 5.74) is 0.946. The molecule has 1 heterocycles. The first kappa shape index (κ1) is 5.22. The number of ketones is 1. The minimum Gasteiger partial charge on any atom is -0.293 e. The number of carbonyl (C=O) groups excluding carboxylic acids is 1. The predicted molar refractivity (Wildman–Crippen MR) is 32.1 cm³/mol. The summed E-state index contributed by atoms with van der Waals surface area (Å²) in [6.45, 7) is 2.19. The van der Waals surface area contributed by atoms with Crippen LogP contribution in [0.1, 0.15) is 6.92 Å². The molecule has 0 radical (unpaired) electrons. The number of dihydropyridines is 1. The molecule has 0 aromatic carbocycles. The van der Waals surface area contributed by atoms with E-state index >= 15 is 0 Å². The van der Waals surface area contributed by atoms with Gasteiger partial charge in [-0.2, -0.15) is 0 Å². The van der Waals surface area contributed by atoms with Crippen LogP contribution in [-0.2, 0) is 4.79 Å². The van der Waals surface area contributed by atoms with E-state index in [1.165, 1.54) is 0 Å². The van der Waals surface area contributed by atoms with Crippen LogP contribution in [0.5, 0.6) is 0 Å². The molecule has 0 unspecified atom stereocenters. The van der Waals surface area contributed by atoms with Gasteiger partial charge in [-0.3, -0.25) is 9.79 Å². The van der Waals surface area contributed by atoms with Gasteiger partial charge < -0.3 is 0 Å². The lowest BCUT2D eigenvalue weighted by Gasteiger charge is -1.96. The molecular weight excluding hydrogens is 102 g/mol. The molecule has 0 bridgehead atoms. The Hall–Kier alpha value is -0.920. The summed E-state index contributed by atoms with van der Waals surface area (Å²) >= 11 is 0. The third-order valence-corrected chi connectivity index (χ3v) is 0.931. The van der Waals surface area contributed by atoms with Crippen LogP contribution in [-0.4, -0.2) is 18.5 Å². The highest BCUT2D eigenvalue weighted by Gasteiger charge is 1.98. The standard InChI is InChI=1S/C6H7NO/c1-5-2-6(8)4-7-3-5/h2-3H,4H2,1H3. The van der Waals surface area contributed by atoms with Gasteiger partial charge in [0.2, 0.25) is 0 Å². The minimum atomic E-state index is 0.102. The second-order valence-corrected chi connectivity index (χ2v) is 1.82. The van der Waals surface area contributed by atoms with E-state index in [0.29, 0.717) is 6.54 Å². The normalized spacial score (nSPS) is 18.6. The zero-order chi connectivity index (χ0) is 5.98. The van der Waals surface area contributed by atoms with E-state index in [0.717, 1.165) is 5.57 Å². The van der Waals surface area contributed by atoms with Crippen molar-refractivity contribution in [2.45, 2.75) is 6.92 Å². The number of allylic oxidation sites excluding steroid dienone is 1. The van der Waals surface area contributed by atoms with Gasteiger partial charge in [0.1, 0.15) is 6.54 Å². The average Bonchev–Trinajstić information content (AvgIpc) is 1.64. The lowest BCUT2D eigenvalue weighted by atomic mass is 10.2. The summed E-state index contributed by atoms with van der Waals surface area (Å²) in [7, 11) is 0. The molecule has 0 atom stereocenters. The second-order valence-electron chi connectivity index (χ2n) is 1.82. The molecule has 1 rings (SSSR count). The molecule has 0 spiro atoms. The van der Waals surface area contributed by atoms with E-state index < -0.39 is 0 Å². The smallest absolute Gasteiger partial charge is 0.177 e. The fourth-order valence-corrected chi connectivity index (χ4v) is 0.616. The highest BCUT2D eigenvalue weighted by molar-refractivity contribution is 6.00. The SMILES string of the molecule is CC1=CC(=O)CN=C1. The quantitative estimate of drug-likeness (QED) is 0.447. The predicted octanol–water partition coefficient (Wildman–Crippen LogP) is 0.586. The van der Waals surface area contributed by atoms with Crippen molar-refractivity contribution in [1.29, 1.82) is 0 Å². The maximum absolute atomic E-state index is 10.5. The Morgan fingerprint density at radius 1 is 1.75 bits per heavy atom. The highest BCUT2D eigenvalue weighted by Crippen LogP contribution is 1.94. The number of aliphatic imine (C=N–C) groups is 1. The van der Waals surface area contributed by atoms with Crippen molar-refractivity contribution in [3.63, 3.8) is 0 Å². The molecule has 42 valence electrons. The van der Waals surface area contributed by atoms with Gasteiger partial charge in [0.15, 0.2) is 5.78 Å².